The lowest BCUT2D eigenvalue weighted by atomic mass is 9.97. The van der Waals surface area contributed by atoms with Crippen molar-refractivity contribution in [3.63, 3.8) is 0 Å². The van der Waals surface area contributed by atoms with E-state index in [1.165, 1.54) is 40.7 Å². The van der Waals surface area contributed by atoms with Gasteiger partial charge >= 0.3 is 23.9 Å². The highest BCUT2D eigenvalue weighted by Crippen LogP contribution is 2.26. The van der Waals surface area contributed by atoms with Crippen molar-refractivity contribution in [2.24, 2.45) is 41.2 Å². The lowest BCUT2D eigenvalue weighted by molar-refractivity contribution is -0.147. The molecule has 93 heavy (non-hydrogen) atoms. The Hall–Kier alpha value is -9.08. The fourth-order valence-electron chi connectivity index (χ4n) is 9.68. The molecular formula is C59H93N13O21. The number of hydrogen-bond acceptors (Lipinski definition) is 18. The molecule has 2 rings (SSSR count). The number of aliphatic hydroxyl groups is 1. The number of rotatable bonds is 25. The average molecular weight is 1320 g/mol. The zero-order chi connectivity index (χ0) is 70.7. The number of aliphatic carboxylic acids is 4. The molecular weight excluding hydrogens is 1230 g/mol. The molecule has 520 valence electrons. The largest absolute Gasteiger partial charge is 0.481 e. The molecule has 12 amide bonds. The summed E-state index contributed by atoms with van der Waals surface area (Å²) in [6.07, 6.45) is 4.04. The molecule has 0 spiro atoms. The minimum atomic E-state index is -2.76. The molecule has 5 unspecified atom stereocenters. The number of fused-ring (bicyclic) bond motifs is 1. The van der Waals surface area contributed by atoms with Gasteiger partial charge in [0.05, 0.1) is 30.8 Å². The predicted octanol–water partition coefficient (Wildman–Crippen LogP) is -4.41. The van der Waals surface area contributed by atoms with Gasteiger partial charge in [0.25, 0.3) is 5.91 Å². The van der Waals surface area contributed by atoms with E-state index in [1.807, 2.05) is 17.6 Å². The molecule has 0 aliphatic carbocycles. The number of carbonyl (C=O) groups is 16. The van der Waals surface area contributed by atoms with Crippen molar-refractivity contribution in [2.75, 3.05) is 26.2 Å². The van der Waals surface area contributed by atoms with Gasteiger partial charge in [-0.1, -0.05) is 73.1 Å². The molecule has 2 aliphatic heterocycles. The van der Waals surface area contributed by atoms with Crippen molar-refractivity contribution in [2.45, 2.75) is 187 Å². The Morgan fingerprint density at radius 1 is 0.656 bits per heavy atom. The summed E-state index contributed by atoms with van der Waals surface area (Å²) in [6, 6.07) is -18.8. The fraction of sp³-hybridized carbons (Fsp3) is 0.661. The summed E-state index contributed by atoms with van der Waals surface area (Å²) in [7, 11) is 0. The molecule has 0 aromatic carbocycles. The molecule has 2 fully saturated rings. The van der Waals surface area contributed by atoms with Crippen molar-refractivity contribution >= 4 is 94.8 Å². The lowest BCUT2D eigenvalue weighted by Gasteiger charge is -2.34. The summed E-state index contributed by atoms with van der Waals surface area (Å²) in [6.45, 7) is 12.6. The molecule has 15 atom stereocenters. The van der Waals surface area contributed by atoms with E-state index in [0.29, 0.717) is 12.3 Å². The predicted molar refractivity (Wildman–Crippen MR) is 327 cm³/mol. The molecule has 0 radical (unpaired) electrons. The first kappa shape index (κ1) is 80.0. The third-order valence-electron chi connectivity index (χ3n) is 15.6. The van der Waals surface area contributed by atoms with E-state index in [2.05, 4.69) is 49.5 Å². The van der Waals surface area contributed by atoms with E-state index in [-0.39, 0.29) is 38.8 Å². The molecule has 0 bridgehead atoms. The van der Waals surface area contributed by atoms with E-state index >= 15 is 0 Å². The third kappa shape index (κ3) is 25.9. The van der Waals surface area contributed by atoms with Gasteiger partial charge in [0.1, 0.15) is 60.9 Å². The number of amides is 12. The quantitative estimate of drug-likeness (QED) is 0.0233. The minimum Gasteiger partial charge on any atom is -0.481 e. The van der Waals surface area contributed by atoms with E-state index in [1.54, 1.807) is 24.4 Å². The van der Waals surface area contributed by atoms with Crippen molar-refractivity contribution in [3.05, 3.63) is 24.3 Å². The van der Waals surface area contributed by atoms with Gasteiger partial charge in [-0.2, -0.15) is 0 Å². The summed E-state index contributed by atoms with van der Waals surface area (Å²) in [4.78, 5) is 219. The van der Waals surface area contributed by atoms with Crippen LogP contribution in [0.5, 0.6) is 0 Å². The highest BCUT2D eigenvalue weighted by atomic mass is 16.4. The van der Waals surface area contributed by atoms with Crippen LogP contribution in [-0.4, -0.2) is 218 Å². The number of aliphatic hydroxyl groups excluding tert-OH is 1. The number of carboxylic acid groups (broad SMARTS) is 4. The Morgan fingerprint density at radius 2 is 1.25 bits per heavy atom. The second kappa shape index (κ2) is 38.7. The van der Waals surface area contributed by atoms with Crippen LogP contribution in [0.4, 0.5) is 0 Å². The maximum atomic E-state index is 14.9. The zero-order valence-electron chi connectivity index (χ0n) is 53.9. The van der Waals surface area contributed by atoms with Gasteiger partial charge in [0.15, 0.2) is 6.10 Å². The van der Waals surface area contributed by atoms with E-state index in [9.17, 15) is 102 Å². The Balaban J connectivity index is 3.01. The van der Waals surface area contributed by atoms with Gasteiger partial charge in [-0.3, -0.25) is 76.7 Å². The first-order valence-corrected chi connectivity index (χ1v) is 30.7. The molecule has 0 saturated carbocycles. The van der Waals surface area contributed by atoms with Crippen LogP contribution in [-0.2, 0) is 76.7 Å². The molecule has 34 heteroatoms. The van der Waals surface area contributed by atoms with E-state index in [4.69, 9.17) is 5.73 Å². The van der Waals surface area contributed by atoms with Crippen LogP contribution in [0.3, 0.4) is 0 Å². The molecule has 18 N–H and O–H groups in total. The smallest absolute Gasteiger partial charge is 0.322 e. The maximum Gasteiger partial charge on any atom is 0.322 e. The molecule has 2 aliphatic rings. The first-order valence-electron chi connectivity index (χ1n) is 30.7. The van der Waals surface area contributed by atoms with Crippen molar-refractivity contribution in [3.8, 4) is 0 Å². The van der Waals surface area contributed by atoms with Gasteiger partial charge in [-0.25, -0.2) is 0 Å². The number of carbonyl (C=O) groups excluding carboxylic acids is 12. The Labute approximate surface area is 537 Å². The third-order valence-corrected chi connectivity index (χ3v) is 15.6. The maximum absolute atomic E-state index is 14.9. The Kier molecular flexibility index (Phi) is 33.3. The number of allylic oxidation sites excluding steroid dienone is 3. The molecule has 2 saturated heterocycles. The van der Waals surface area contributed by atoms with E-state index < -0.39 is 210 Å². The highest BCUT2D eigenvalue weighted by molar-refractivity contribution is 6.02. The van der Waals surface area contributed by atoms with Crippen molar-refractivity contribution < 1.29 is 102 Å². The van der Waals surface area contributed by atoms with Crippen molar-refractivity contribution in [1.29, 1.82) is 0 Å². The summed E-state index contributed by atoms with van der Waals surface area (Å²) in [5.41, 5.74) is 5.72. The number of nitrogens with two attached hydrogens (primary N) is 1. The molecule has 34 nitrogen and oxygen atoms in total. The van der Waals surface area contributed by atoms with Gasteiger partial charge in [0.2, 0.25) is 65.0 Å². The van der Waals surface area contributed by atoms with Crippen LogP contribution < -0.4 is 64.2 Å². The van der Waals surface area contributed by atoms with Crippen molar-refractivity contribution in [1.82, 2.24) is 63.4 Å². The number of carboxylic acids is 4. The lowest BCUT2D eigenvalue weighted by Crippen LogP contribution is -2.66. The summed E-state index contributed by atoms with van der Waals surface area (Å²) in [5.74, 6) is -27.0. The molecule has 2 heterocycles. The normalized spacial score (nSPS) is 25.4. The second-order valence-corrected chi connectivity index (χ2v) is 24.0. The molecule has 0 aromatic rings. The van der Waals surface area contributed by atoms with Crippen LogP contribution in [0.25, 0.3) is 0 Å². The monoisotopic (exact) mass is 1320 g/mol. The second-order valence-electron chi connectivity index (χ2n) is 24.0. The Morgan fingerprint density at radius 3 is 1.82 bits per heavy atom. The number of unbranched alkanes of at least 4 members (excludes halogenated alkanes) is 1. The Bertz CT molecular complexity index is 2800. The van der Waals surface area contributed by atoms with Crippen LogP contribution in [0.2, 0.25) is 0 Å². The number of nitrogens with one attached hydrogen (secondary N) is 11. The van der Waals surface area contributed by atoms with Gasteiger partial charge in [-0.05, 0) is 89.5 Å². The van der Waals surface area contributed by atoms with Crippen LogP contribution in [0.1, 0.15) is 121 Å². The minimum absolute atomic E-state index is 0.0311. The van der Waals surface area contributed by atoms with Crippen LogP contribution >= 0.6 is 0 Å². The highest BCUT2D eigenvalue weighted by Gasteiger charge is 2.46. The summed E-state index contributed by atoms with van der Waals surface area (Å²) in [5, 5.41) is 75.1. The van der Waals surface area contributed by atoms with Gasteiger partial charge < -0.3 is 94.7 Å². The average Bonchev–Trinajstić information content (AvgIpc) is 1.82. The standard InChI is InChI=1S/C59H93N13O21/c1-11-29(6)18-14-12-13-15-20-37(73)66-43(31(8)58(90)91)53(85)70-45-33(10)63-50(82)36-22-30(7)26-72(36)57(89)42(28(4)5)69-52(84)44(32(9)59(92)93)67-38(74)24-61-48(80)35(23-39(75)76)65-55(87)46(47(79)56(88)62-25-40(77)78)71-49(81)34(19-16-17-21-60)64-51(83)41(27(2)3)68-54(45)86/h12-13,15,20,27-36,41-47,79H,11,14,16-19,21-26,60H2,1-10H3,(H,61,80)(H,62,88)(H,63,82)(H,64,83)(H,65,87)(H,66,73)(H,67,74)(H,68,86)(H,69,84)(H,70,85)(H,71,81)(H,75,76)(H,77,78)(H,90,91)(H,92,93)/b13-12-,20-15+/t29?,30-,31?,32?,33?,34+,35+,36+,41-,42+,43+,44-,45+,46+,47?/m1/s1. The zero-order valence-corrected chi connectivity index (χ0v) is 53.9. The summed E-state index contributed by atoms with van der Waals surface area (Å²) < 4.78 is 0. The van der Waals surface area contributed by atoms with Gasteiger partial charge in [-0.15, -0.1) is 0 Å². The number of nitrogens with zero attached hydrogens (tertiary/aromatic N) is 1. The van der Waals surface area contributed by atoms with Crippen LogP contribution in [0.15, 0.2) is 24.3 Å². The first-order chi connectivity index (χ1) is 43.5. The summed E-state index contributed by atoms with van der Waals surface area (Å²) >= 11 is 0. The SMILES string of the molecule is CCC(C)CC/C=C\C=C\C(=O)N[C@H](C(=O)N[C@@H]1C(=O)N[C@H](C(C)C)C(=O)N[C@@H](CCCCN)C(=O)N[C@@H](C(O)C(=O)NCC(=O)O)C(=O)N[C@@H](CC(=O)O)C(=O)NCC(=O)N[C@H](C(C)C(=O)O)C(=O)N[C@@H](C(C)C)C(=O)N2C[C@H](C)C[C@H]2C(=O)NC1C)C(C)C(=O)O. The van der Waals surface area contributed by atoms with Gasteiger partial charge in [0, 0.05) is 12.6 Å². The van der Waals surface area contributed by atoms with E-state index in [0.717, 1.165) is 37.7 Å². The van der Waals surface area contributed by atoms with Crippen LogP contribution in [0, 0.1) is 35.5 Å². The molecule has 0 aromatic heterocycles. The number of hydrogen-bond donors (Lipinski definition) is 17. The topological polar surface area (TPSA) is 536 Å². The fourth-order valence-corrected chi connectivity index (χ4v) is 9.68.